The van der Waals surface area contributed by atoms with Crippen LogP contribution in [-0.4, -0.2) is 30.9 Å². The van der Waals surface area contributed by atoms with Gasteiger partial charge in [-0.2, -0.15) is 0 Å². The zero-order chi connectivity index (χ0) is 19.6. The summed E-state index contributed by atoms with van der Waals surface area (Å²) in [5, 5.41) is 0. The molecular formula is C21H22O6. The lowest BCUT2D eigenvalue weighted by molar-refractivity contribution is -0.131. The van der Waals surface area contributed by atoms with Gasteiger partial charge in [-0.3, -0.25) is 9.59 Å². The Kier molecular flexibility index (Phi) is 7.55. The molecule has 0 heterocycles. The Morgan fingerprint density at radius 3 is 2.04 bits per heavy atom. The van der Waals surface area contributed by atoms with Gasteiger partial charge in [-0.05, 0) is 55.0 Å². The minimum absolute atomic E-state index is 0.343. The molecule has 2 aromatic carbocycles. The van der Waals surface area contributed by atoms with Crippen LogP contribution < -0.4 is 9.47 Å². The number of rotatable bonds is 9. The Morgan fingerprint density at radius 2 is 1.44 bits per heavy atom. The van der Waals surface area contributed by atoms with E-state index >= 15 is 0 Å². The fraction of sp³-hybridized carbons (Fsp3) is 0.286. The quantitative estimate of drug-likeness (QED) is 0.289. The van der Waals surface area contributed by atoms with Crippen molar-refractivity contribution in [3.8, 4) is 11.5 Å². The zero-order valence-corrected chi connectivity index (χ0v) is 15.4. The molecule has 0 aromatic heterocycles. The highest BCUT2D eigenvalue weighted by Crippen LogP contribution is 2.15. The molecule has 142 valence electrons. The monoisotopic (exact) mass is 370 g/mol. The van der Waals surface area contributed by atoms with Gasteiger partial charge in [0.25, 0.3) is 0 Å². The normalized spacial score (nSPS) is 10.1. The van der Waals surface area contributed by atoms with Crippen LogP contribution in [0.1, 0.15) is 47.4 Å². The Morgan fingerprint density at radius 1 is 0.852 bits per heavy atom. The number of unbranched alkanes of at least 4 members (excludes halogenated alkanes) is 1. The van der Waals surface area contributed by atoms with Gasteiger partial charge in [0.2, 0.25) is 0 Å². The van der Waals surface area contributed by atoms with E-state index in [2.05, 4.69) is 6.92 Å². The van der Waals surface area contributed by atoms with Crippen molar-refractivity contribution in [3.05, 3.63) is 59.7 Å². The maximum atomic E-state index is 12.1. The van der Waals surface area contributed by atoms with Gasteiger partial charge in [0.05, 0.1) is 12.2 Å². The number of ketones is 1. The minimum atomic E-state index is -0.583. The molecule has 0 aliphatic rings. The van der Waals surface area contributed by atoms with Crippen LogP contribution in [0, 0.1) is 0 Å². The lowest BCUT2D eigenvalue weighted by atomic mass is 10.1. The van der Waals surface area contributed by atoms with Gasteiger partial charge in [0, 0.05) is 12.5 Å². The summed E-state index contributed by atoms with van der Waals surface area (Å²) in [6.07, 6.45) is 2.01. The van der Waals surface area contributed by atoms with Crippen LogP contribution in [-0.2, 0) is 9.53 Å². The number of ether oxygens (including phenoxy) is 3. The van der Waals surface area contributed by atoms with Crippen molar-refractivity contribution >= 4 is 17.7 Å². The van der Waals surface area contributed by atoms with Crippen molar-refractivity contribution in [1.29, 1.82) is 0 Å². The SMILES string of the molecule is CCCCOc1ccc(C(=O)OCC(=O)c2ccc(OC(C)=O)cc2)cc1. The largest absolute Gasteiger partial charge is 0.494 e. The molecular weight excluding hydrogens is 348 g/mol. The van der Waals surface area contributed by atoms with Crippen LogP contribution in [0.15, 0.2) is 48.5 Å². The molecule has 2 aromatic rings. The number of Topliss-reactive ketones (excluding diaryl/α,β-unsaturated/α-hetero) is 1. The molecule has 0 fully saturated rings. The van der Waals surface area contributed by atoms with E-state index in [0.29, 0.717) is 29.2 Å². The maximum absolute atomic E-state index is 12.1. The molecule has 0 saturated carbocycles. The molecule has 0 N–H and O–H groups in total. The van der Waals surface area contributed by atoms with Crippen LogP contribution in [0.5, 0.6) is 11.5 Å². The van der Waals surface area contributed by atoms with E-state index in [1.807, 2.05) is 0 Å². The second-order valence-corrected chi connectivity index (χ2v) is 5.84. The Bertz CT molecular complexity index is 777. The molecule has 0 unspecified atom stereocenters. The topological polar surface area (TPSA) is 78.9 Å². The standard InChI is InChI=1S/C21H22O6/c1-3-4-13-25-18-9-7-17(8-10-18)21(24)26-14-20(23)16-5-11-19(12-6-16)27-15(2)22/h5-12H,3-4,13-14H2,1-2H3. The average molecular weight is 370 g/mol. The molecule has 0 aliphatic heterocycles. The summed E-state index contributed by atoms with van der Waals surface area (Å²) < 4.78 is 15.5. The van der Waals surface area contributed by atoms with Crippen LogP contribution in [0.25, 0.3) is 0 Å². The van der Waals surface area contributed by atoms with E-state index in [0.717, 1.165) is 12.8 Å². The van der Waals surface area contributed by atoms with Gasteiger partial charge >= 0.3 is 11.9 Å². The third-order valence-electron chi connectivity index (χ3n) is 3.63. The first-order valence-corrected chi connectivity index (χ1v) is 8.71. The number of carbonyl (C=O) groups excluding carboxylic acids is 3. The molecule has 0 bridgehead atoms. The van der Waals surface area contributed by atoms with Crippen molar-refractivity contribution in [1.82, 2.24) is 0 Å². The van der Waals surface area contributed by atoms with Crippen LogP contribution in [0.3, 0.4) is 0 Å². The van der Waals surface area contributed by atoms with E-state index in [9.17, 15) is 14.4 Å². The third-order valence-corrected chi connectivity index (χ3v) is 3.63. The summed E-state index contributed by atoms with van der Waals surface area (Å²) in [7, 11) is 0. The fourth-order valence-corrected chi connectivity index (χ4v) is 2.19. The van der Waals surface area contributed by atoms with E-state index < -0.39 is 11.9 Å². The van der Waals surface area contributed by atoms with Crippen LogP contribution >= 0.6 is 0 Å². The van der Waals surface area contributed by atoms with E-state index in [4.69, 9.17) is 14.2 Å². The second kappa shape index (κ2) is 10.1. The zero-order valence-electron chi connectivity index (χ0n) is 15.4. The molecule has 6 heteroatoms. The van der Waals surface area contributed by atoms with E-state index in [1.54, 1.807) is 24.3 Å². The number of esters is 2. The minimum Gasteiger partial charge on any atom is -0.494 e. The summed E-state index contributed by atoms with van der Waals surface area (Å²) in [5.74, 6) is -0.344. The Balaban J connectivity index is 1.85. The van der Waals surface area contributed by atoms with Gasteiger partial charge in [0.15, 0.2) is 12.4 Å². The van der Waals surface area contributed by atoms with Gasteiger partial charge in [-0.1, -0.05) is 13.3 Å². The molecule has 2 rings (SSSR count). The fourth-order valence-electron chi connectivity index (χ4n) is 2.19. The second-order valence-electron chi connectivity index (χ2n) is 5.84. The highest BCUT2D eigenvalue weighted by Gasteiger charge is 2.12. The third kappa shape index (κ3) is 6.58. The first kappa shape index (κ1) is 20.2. The van der Waals surface area contributed by atoms with Gasteiger partial charge in [-0.15, -0.1) is 0 Å². The lowest BCUT2D eigenvalue weighted by Gasteiger charge is -2.07. The highest BCUT2D eigenvalue weighted by atomic mass is 16.5. The number of carbonyl (C=O) groups is 3. The molecule has 0 spiro atoms. The summed E-state index contributed by atoms with van der Waals surface area (Å²) in [4.78, 5) is 35.0. The number of hydrogen-bond acceptors (Lipinski definition) is 6. The predicted octanol–water partition coefficient (Wildman–Crippen LogP) is 3.83. The highest BCUT2D eigenvalue weighted by molar-refractivity contribution is 5.99. The van der Waals surface area contributed by atoms with Gasteiger partial charge < -0.3 is 14.2 Å². The molecule has 0 saturated heterocycles. The first-order valence-electron chi connectivity index (χ1n) is 8.71. The Labute approximate surface area is 158 Å². The first-order chi connectivity index (χ1) is 13.0. The summed E-state index contributed by atoms with van der Waals surface area (Å²) in [5.41, 5.74) is 0.703. The van der Waals surface area contributed by atoms with E-state index in [-0.39, 0.29) is 12.4 Å². The lowest BCUT2D eigenvalue weighted by Crippen LogP contribution is -2.14. The smallest absolute Gasteiger partial charge is 0.338 e. The molecule has 0 amide bonds. The predicted molar refractivity (Wildman–Crippen MR) is 99.2 cm³/mol. The summed E-state index contributed by atoms with van der Waals surface area (Å²) in [6.45, 7) is 3.63. The van der Waals surface area contributed by atoms with Gasteiger partial charge in [-0.25, -0.2) is 4.79 Å². The average Bonchev–Trinajstić information content (AvgIpc) is 2.66. The molecule has 0 aliphatic carbocycles. The molecule has 0 atom stereocenters. The Hall–Kier alpha value is -3.15. The van der Waals surface area contributed by atoms with Crippen molar-refractivity contribution in [2.45, 2.75) is 26.7 Å². The van der Waals surface area contributed by atoms with E-state index in [1.165, 1.54) is 31.2 Å². The number of hydrogen-bond donors (Lipinski definition) is 0. The molecule has 6 nitrogen and oxygen atoms in total. The summed E-state index contributed by atoms with van der Waals surface area (Å²) >= 11 is 0. The van der Waals surface area contributed by atoms with Crippen molar-refractivity contribution in [2.24, 2.45) is 0 Å². The van der Waals surface area contributed by atoms with Crippen molar-refractivity contribution in [2.75, 3.05) is 13.2 Å². The van der Waals surface area contributed by atoms with Crippen molar-refractivity contribution < 1.29 is 28.6 Å². The van der Waals surface area contributed by atoms with Crippen LogP contribution in [0.4, 0.5) is 0 Å². The van der Waals surface area contributed by atoms with Crippen molar-refractivity contribution in [3.63, 3.8) is 0 Å². The van der Waals surface area contributed by atoms with Crippen LogP contribution in [0.2, 0.25) is 0 Å². The van der Waals surface area contributed by atoms with Gasteiger partial charge in [0.1, 0.15) is 11.5 Å². The molecule has 27 heavy (non-hydrogen) atoms. The molecule has 0 radical (unpaired) electrons. The summed E-state index contributed by atoms with van der Waals surface area (Å²) in [6, 6.07) is 12.6. The maximum Gasteiger partial charge on any atom is 0.338 e. The number of benzene rings is 2.